The second kappa shape index (κ2) is 18.7. The molecule has 0 aliphatic carbocycles. The summed E-state index contributed by atoms with van der Waals surface area (Å²) in [6.07, 6.45) is -5.04. The van der Waals surface area contributed by atoms with Crippen molar-refractivity contribution in [1.82, 2.24) is 0 Å². The van der Waals surface area contributed by atoms with E-state index in [2.05, 4.69) is 114 Å². The van der Waals surface area contributed by atoms with Crippen LogP contribution in [-0.4, -0.2) is 6.15 Å². The number of hydrogen-bond donors (Lipinski definition) is 0. The van der Waals surface area contributed by atoms with Crippen molar-refractivity contribution in [2.45, 2.75) is 6.54 Å². The molecule has 10 aromatic rings. The van der Waals surface area contributed by atoms with Gasteiger partial charge < -0.3 is 0 Å². The van der Waals surface area contributed by atoms with E-state index in [1.165, 1.54) is 49.1 Å². The molecule has 0 spiro atoms. The average Bonchev–Trinajstić information content (AvgIpc) is 3.41. The molecular formula is C52H20BF20N. The van der Waals surface area contributed by atoms with Crippen molar-refractivity contribution < 1.29 is 92.4 Å². The van der Waals surface area contributed by atoms with Gasteiger partial charge in [0.05, 0.1) is 5.56 Å². The third-order valence-corrected chi connectivity index (χ3v) is 12.6. The van der Waals surface area contributed by atoms with Crippen molar-refractivity contribution in [3.8, 4) is 11.3 Å². The van der Waals surface area contributed by atoms with Gasteiger partial charge in [-0.15, -0.1) is 21.9 Å². The van der Waals surface area contributed by atoms with Crippen molar-refractivity contribution in [1.29, 1.82) is 0 Å². The molecule has 376 valence electrons. The molecule has 0 amide bonds. The van der Waals surface area contributed by atoms with Crippen LogP contribution in [0.15, 0.2) is 109 Å². The van der Waals surface area contributed by atoms with E-state index >= 15 is 35.1 Å². The van der Waals surface area contributed by atoms with Gasteiger partial charge in [-0.2, -0.15) is 4.57 Å². The number of hydrogen-bond acceptors (Lipinski definition) is 0. The van der Waals surface area contributed by atoms with E-state index in [0.29, 0.717) is 0 Å². The minimum Gasteiger partial charge on any atom is -0.207 e. The van der Waals surface area contributed by atoms with Crippen molar-refractivity contribution >= 4 is 60.3 Å². The van der Waals surface area contributed by atoms with Crippen LogP contribution in [0.5, 0.6) is 0 Å². The first-order valence-electron chi connectivity index (χ1n) is 21.0. The first-order valence-corrected chi connectivity index (χ1v) is 21.0. The summed E-state index contributed by atoms with van der Waals surface area (Å²) in [6, 6.07) is 37.3. The molecule has 0 bridgehead atoms. The monoisotopic (exact) mass is 1050 g/mol. The van der Waals surface area contributed by atoms with E-state index in [-0.39, 0.29) is 0 Å². The molecule has 0 aliphatic rings. The topological polar surface area (TPSA) is 3.88 Å². The standard InChI is InChI=1S/C28H20N.C24BF20/c1-2-7-20(8-3-1)19-29-18-5-4-11-26(29)24-16-14-23-13-12-21-9-6-10-22-15-17-25(24)28(23)27(21)22;26-5-1(6(27)14(35)21(42)13(5)34)25(2-7(28)15(36)22(43)16(37)8(2)29,3-9(30)17(38)23(44)18(39)10(3)31)4-11(32)19(40)24(45)20(41)12(4)33/h1-18H,19H2;/q+1;-1. The number of pyridine rings is 1. The molecule has 0 fully saturated rings. The van der Waals surface area contributed by atoms with Gasteiger partial charge in [0.2, 0.25) is 5.69 Å². The zero-order valence-electron chi connectivity index (χ0n) is 36.2. The molecule has 0 radical (unpaired) electrons. The van der Waals surface area contributed by atoms with Crippen LogP contribution in [0.4, 0.5) is 87.8 Å². The maximum atomic E-state index is 15.4. The van der Waals surface area contributed by atoms with Gasteiger partial charge in [-0.05, 0) is 44.5 Å². The molecule has 1 nitrogen and oxygen atoms in total. The van der Waals surface area contributed by atoms with E-state index in [1.54, 1.807) is 0 Å². The van der Waals surface area contributed by atoms with Gasteiger partial charge in [-0.25, -0.2) is 87.8 Å². The van der Waals surface area contributed by atoms with Crippen LogP contribution >= 0.6 is 0 Å². The largest absolute Gasteiger partial charge is 0.213 e. The van der Waals surface area contributed by atoms with Crippen molar-refractivity contribution in [3.63, 3.8) is 0 Å². The molecule has 74 heavy (non-hydrogen) atoms. The number of aromatic nitrogens is 1. The summed E-state index contributed by atoms with van der Waals surface area (Å²) in [5.74, 6) is -71.4. The van der Waals surface area contributed by atoms with Crippen LogP contribution < -0.4 is 26.4 Å². The average molecular weight is 1050 g/mol. The van der Waals surface area contributed by atoms with Gasteiger partial charge in [0.1, 0.15) is 52.7 Å². The van der Waals surface area contributed by atoms with E-state index in [9.17, 15) is 52.7 Å². The van der Waals surface area contributed by atoms with Gasteiger partial charge in [0.15, 0.2) is 82.5 Å². The lowest BCUT2D eigenvalue weighted by molar-refractivity contribution is -0.677. The summed E-state index contributed by atoms with van der Waals surface area (Å²) in [5.41, 5.74) is -10.5. The third kappa shape index (κ3) is 7.46. The Morgan fingerprint density at radius 1 is 0.284 bits per heavy atom. The Morgan fingerprint density at radius 3 is 1.00 bits per heavy atom. The summed E-state index contributed by atoms with van der Waals surface area (Å²) >= 11 is 0. The molecule has 1 aromatic heterocycles. The van der Waals surface area contributed by atoms with Crippen LogP contribution in [0.3, 0.4) is 0 Å². The number of halogens is 20. The van der Waals surface area contributed by atoms with E-state index in [1.807, 2.05) is 0 Å². The Balaban J connectivity index is 0.000000198. The van der Waals surface area contributed by atoms with E-state index in [0.717, 1.165) is 6.54 Å². The normalized spacial score (nSPS) is 11.8. The maximum Gasteiger partial charge on any atom is 0.213 e. The summed E-state index contributed by atoms with van der Waals surface area (Å²) < 4.78 is 296. The predicted molar refractivity (Wildman–Crippen MR) is 231 cm³/mol. The van der Waals surface area contributed by atoms with E-state index in [4.69, 9.17) is 0 Å². The predicted octanol–water partition coefficient (Wildman–Crippen LogP) is 12.4. The smallest absolute Gasteiger partial charge is 0.207 e. The minimum absolute atomic E-state index is 0.860. The Labute approximate surface area is 401 Å². The first kappa shape index (κ1) is 50.8. The SMILES string of the molecule is Fc1c(F)c(F)c([B-](c2c(F)c(F)c(F)c(F)c2F)(c2c(F)c(F)c(F)c(F)c2F)c2c(F)c(F)c(F)c(F)c2F)c(F)c1F.c1ccc(C[n+]2ccccc2-c2ccc3ccc4cccc5ccc2c3c45)cc1. The lowest BCUT2D eigenvalue weighted by Crippen LogP contribution is -2.81. The summed E-state index contributed by atoms with van der Waals surface area (Å²) in [4.78, 5) is 0. The van der Waals surface area contributed by atoms with E-state index < -0.39 is 144 Å². The number of rotatable bonds is 7. The highest BCUT2D eigenvalue weighted by Gasteiger charge is 2.52. The van der Waals surface area contributed by atoms with Crippen LogP contribution in [0, 0.1) is 116 Å². The fourth-order valence-electron chi connectivity index (χ4n) is 9.47. The quantitative estimate of drug-likeness (QED) is 0.0374. The van der Waals surface area contributed by atoms with Gasteiger partial charge in [0.25, 0.3) is 0 Å². The highest BCUT2D eigenvalue weighted by atomic mass is 19.2. The van der Waals surface area contributed by atoms with Gasteiger partial charge >= 0.3 is 0 Å². The Morgan fingerprint density at radius 2 is 0.608 bits per heavy atom. The highest BCUT2D eigenvalue weighted by molar-refractivity contribution is 7.20. The van der Waals surface area contributed by atoms with Crippen molar-refractivity contribution in [3.05, 3.63) is 231 Å². The van der Waals surface area contributed by atoms with Crippen LogP contribution in [-0.2, 0) is 6.54 Å². The molecule has 1 heterocycles. The zero-order chi connectivity index (χ0) is 53.6. The molecule has 9 aromatic carbocycles. The molecule has 22 heteroatoms. The van der Waals surface area contributed by atoms with Gasteiger partial charge in [0, 0.05) is 17.7 Å². The molecule has 0 saturated heterocycles. The first-order chi connectivity index (χ1) is 35.1. The van der Waals surface area contributed by atoms with Gasteiger partial charge in [-0.3, -0.25) is 0 Å². The molecule has 10 rings (SSSR count). The number of nitrogens with zero attached hydrogens (tertiary/aromatic N) is 1. The highest BCUT2D eigenvalue weighted by Crippen LogP contribution is 2.39. The van der Waals surface area contributed by atoms with Crippen molar-refractivity contribution in [2.75, 3.05) is 0 Å². The summed E-state index contributed by atoms with van der Waals surface area (Å²) in [6.45, 7) is 0.860. The zero-order valence-corrected chi connectivity index (χ0v) is 36.2. The molecule has 0 atom stereocenters. The third-order valence-electron chi connectivity index (χ3n) is 12.6. The Hall–Kier alpha value is -8.17. The minimum atomic E-state index is -7.22. The number of benzene rings is 9. The lowest BCUT2D eigenvalue weighted by atomic mass is 9.12. The van der Waals surface area contributed by atoms with Crippen molar-refractivity contribution in [2.24, 2.45) is 0 Å². The van der Waals surface area contributed by atoms with Crippen LogP contribution in [0.25, 0.3) is 43.6 Å². The van der Waals surface area contributed by atoms with Gasteiger partial charge in [-0.1, -0.05) is 78.9 Å². The molecule has 0 N–H and O–H groups in total. The summed E-state index contributed by atoms with van der Waals surface area (Å²) in [5, 5.41) is 7.98. The lowest BCUT2D eigenvalue weighted by Gasteiger charge is -2.44. The second-order valence-electron chi connectivity index (χ2n) is 16.5. The molecule has 0 saturated carbocycles. The molecular weight excluding hydrogens is 1030 g/mol. The molecule has 0 aliphatic heterocycles. The fraction of sp³-hybridized carbons (Fsp3) is 0.0192. The maximum absolute atomic E-state index is 15.4. The fourth-order valence-corrected chi connectivity index (χ4v) is 9.47. The van der Waals surface area contributed by atoms with Crippen LogP contribution in [0.2, 0.25) is 0 Å². The Bertz CT molecular complexity index is 3540. The summed E-state index contributed by atoms with van der Waals surface area (Å²) in [7, 11) is 0. The molecule has 0 unspecified atom stereocenters. The van der Waals surface area contributed by atoms with Crippen LogP contribution in [0.1, 0.15) is 5.56 Å². The Kier molecular flexibility index (Phi) is 12.8. The second-order valence-corrected chi connectivity index (χ2v) is 16.5.